The predicted molar refractivity (Wildman–Crippen MR) is 280 cm³/mol. The Bertz CT molecular complexity index is 3660. The summed E-state index contributed by atoms with van der Waals surface area (Å²) in [6.07, 6.45) is 0. The molecule has 310 valence electrons. The van der Waals surface area contributed by atoms with Crippen LogP contribution in [0.5, 0.6) is 0 Å². The summed E-state index contributed by atoms with van der Waals surface area (Å²) in [6, 6.07) is 96.9. The lowest BCUT2D eigenvalue weighted by molar-refractivity contribution is 1.18. The lowest BCUT2D eigenvalue weighted by Crippen LogP contribution is -2.12. The summed E-state index contributed by atoms with van der Waals surface area (Å²) < 4.78 is 2.42. The second-order valence-electron chi connectivity index (χ2n) is 16.8. The van der Waals surface area contributed by atoms with Gasteiger partial charge in [-0.2, -0.15) is 0 Å². The molecule has 0 aliphatic rings. The molecule has 2 nitrogen and oxygen atoms in total. The molecule has 0 saturated carbocycles. The van der Waals surface area contributed by atoms with Gasteiger partial charge in [0.15, 0.2) is 0 Å². The van der Waals surface area contributed by atoms with Crippen molar-refractivity contribution in [3.63, 3.8) is 0 Å². The predicted octanol–water partition coefficient (Wildman–Crippen LogP) is 17.7. The maximum atomic E-state index is 2.45. The summed E-state index contributed by atoms with van der Waals surface area (Å²) in [5.41, 5.74) is 18.6. The number of para-hydroxylation sites is 3. The Morgan fingerprint density at radius 3 is 1.44 bits per heavy atom. The first kappa shape index (κ1) is 38.9. The molecule has 1 aromatic heterocycles. The van der Waals surface area contributed by atoms with Gasteiger partial charge in [-0.15, -0.1) is 0 Å². The first-order valence-electron chi connectivity index (χ1n) is 22.7. The van der Waals surface area contributed by atoms with Gasteiger partial charge in [-0.1, -0.05) is 218 Å². The first-order valence-corrected chi connectivity index (χ1v) is 22.7. The summed E-state index contributed by atoms with van der Waals surface area (Å²) >= 11 is 0. The molecule has 0 aliphatic carbocycles. The number of rotatable bonds is 9. The van der Waals surface area contributed by atoms with Gasteiger partial charge in [-0.3, -0.25) is 0 Å². The molecule has 0 fully saturated rings. The van der Waals surface area contributed by atoms with Crippen LogP contribution in [-0.2, 0) is 0 Å². The summed E-state index contributed by atoms with van der Waals surface area (Å²) in [5.74, 6) is 0. The van der Waals surface area contributed by atoms with E-state index in [1.165, 1.54) is 82.6 Å². The van der Waals surface area contributed by atoms with E-state index < -0.39 is 0 Å². The van der Waals surface area contributed by atoms with Crippen LogP contribution in [-0.4, -0.2) is 4.57 Å². The molecule has 0 N–H and O–H groups in total. The summed E-state index contributed by atoms with van der Waals surface area (Å²) in [7, 11) is 0. The molecule has 0 bridgehead atoms. The third kappa shape index (κ3) is 6.84. The van der Waals surface area contributed by atoms with Crippen molar-refractivity contribution in [1.82, 2.24) is 4.57 Å². The summed E-state index contributed by atoms with van der Waals surface area (Å²) in [4.78, 5) is 2.45. The lowest BCUT2D eigenvalue weighted by Gasteiger charge is -2.30. The fourth-order valence-electron chi connectivity index (χ4n) is 10.0. The van der Waals surface area contributed by atoms with Gasteiger partial charge >= 0.3 is 0 Å². The Morgan fingerprint density at radius 1 is 0.273 bits per heavy atom. The molecule has 0 radical (unpaired) electrons. The van der Waals surface area contributed by atoms with Crippen LogP contribution in [0.1, 0.15) is 0 Å². The van der Waals surface area contributed by atoms with Gasteiger partial charge in [-0.25, -0.2) is 0 Å². The molecule has 0 aliphatic heterocycles. The molecule has 12 aromatic rings. The summed E-state index contributed by atoms with van der Waals surface area (Å²) in [5, 5.41) is 4.97. The fourth-order valence-corrected chi connectivity index (χ4v) is 10.0. The molecular formula is C64H44N2. The zero-order valence-corrected chi connectivity index (χ0v) is 36.3. The van der Waals surface area contributed by atoms with Crippen molar-refractivity contribution in [3.8, 4) is 61.3 Å². The van der Waals surface area contributed by atoms with Gasteiger partial charge in [0.25, 0.3) is 0 Å². The number of hydrogen-bond donors (Lipinski definition) is 0. The third-order valence-electron chi connectivity index (χ3n) is 13.0. The maximum absolute atomic E-state index is 2.45. The third-order valence-corrected chi connectivity index (χ3v) is 13.0. The minimum Gasteiger partial charge on any atom is -0.310 e. The van der Waals surface area contributed by atoms with Crippen molar-refractivity contribution in [1.29, 1.82) is 0 Å². The van der Waals surface area contributed by atoms with Crippen LogP contribution in [0.4, 0.5) is 17.1 Å². The number of nitrogens with zero attached hydrogens (tertiary/aromatic N) is 2. The Hall–Kier alpha value is -8.72. The van der Waals surface area contributed by atoms with E-state index in [-0.39, 0.29) is 0 Å². The molecule has 0 atom stereocenters. The standard InChI is InChI=1S/C64H44N2/c1-4-19-45(20-5-1)55-28-12-13-30-59(55)63-56(47-21-6-2-7-22-47)32-18-36-62(63)65(51-41-37-48(38-42-51)54-31-16-24-46-23-10-11-27-53(46)54)52-43-39-49(40-44-52)57-33-17-34-60-58-29-14-15-35-61(58)66(64(57)60)50-25-8-3-9-26-50/h1-44H. The van der Waals surface area contributed by atoms with E-state index in [4.69, 9.17) is 0 Å². The second-order valence-corrected chi connectivity index (χ2v) is 16.8. The van der Waals surface area contributed by atoms with E-state index in [1.807, 2.05) is 0 Å². The van der Waals surface area contributed by atoms with Crippen LogP contribution < -0.4 is 4.90 Å². The minimum absolute atomic E-state index is 1.07. The van der Waals surface area contributed by atoms with Gasteiger partial charge in [0.05, 0.1) is 16.7 Å². The zero-order valence-electron chi connectivity index (χ0n) is 36.3. The highest BCUT2D eigenvalue weighted by Crippen LogP contribution is 2.49. The van der Waals surface area contributed by atoms with Crippen LogP contribution in [0.25, 0.3) is 93.9 Å². The van der Waals surface area contributed by atoms with Crippen LogP contribution in [0.2, 0.25) is 0 Å². The van der Waals surface area contributed by atoms with Crippen LogP contribution in [0.15, 0.2) is 267 Å². The fraction of sp³-hybridized carbons (Fsp3) is 0. The highest BCUT2D eigenvalue weighted by molar-refractivity contribution is 6.14. The van der Waals surface area contributed by atoms with E-state index in [9.17, 15) is 0 Å². The topological polar surface area (TPSA) is 8.17 Å². The van der Waals surface area contributed by atoms with Crippen molar-refractivity contribution in [2.24, 2.45) is 0 Å². The lowest BCUT2D eigenvalue weighted by atomic mass is 9.87. The van der Waals surface area contributed by atoms with Crippen molar-refractivity contribution in [3.05, 3.63) is 267 Å². The SMILES string of the molecule is c1ccc(-c2ccccc2-c2c(-c3ccccc3)cccc2N(c2ccc(-c3cccc4ccccc34)cc2)c2ccc(-c3cccc4c5ccccc5n(-c5ccccc5)c34)cc2)cc1. The van der Waals surface area contributed by atoms with Crippen LogP contribution >= 0.6 is 0 Å². The molecule has 12 rings (SSSR count). The van der Waals surface area contributed by atoms with E-state index in [2.05, 4.69) is 276 Å². The molecule has 11 aromatic carbocycles. The number of aromatic nitrogens is 1. The van der Waals surface area contributed by atoms with Gasteiger partial charge in [0.2, 0.25) is 0 Å². The molecule has 0 unspecified atom stereocenters. The Morgan fingerprint density at radius 2 is 0.727 bits per heavy atom. The largest absolute Gasteiger partial charge is 0.310 e. The molecule has 1 heterocycles. The van der Waals surface area contributed by atoms with Crippen LogP contribution in [0.3, 0.4) is 0 Å². The normalized spacial score (nSPS) is 11.3. The molecule has 0 saturated heterocycles. The van der Waals surface area contributed by atoms with E-state index in [1.54, 1.807) is 0 Å². The molecule has 0 amide bonds. The van der Waals surface area contributed by atoms with E-state index in [0.29, 0.717) is 0 Å². The van der Waals surface area contributed by atoms with Crippen molar-refractivity contribution >= 4 is 49.6 Å². The zero-order chi connectivity index (χ0) is 43.8. The quantitative estimate of drug-likeness (QED) is 0.141. The number of hydrogen-bond acceptors (Lipinski definition) is 1. The number of anilines is 3. The van der Waals surface area contributed by atoms with E-state index >= 15 is 0 Å². The highest BCUT2D eigenvalue weighted by atomic mass is 15.1. The van der Waals surface area contributed by atoms with Gasteiger partial charge < -0.3 is 9.47 Å². The maximum Gasteiger partial charge on any atom is 0.0619 e. The minimum atomic E-state index is 1.07. The van der Waals surface area contributed by atoms with Crippen molar-refractivity contribution < 1.29 is 0 Å². The van der Waals surface area contributed by atoms with E-state index in [0.717, 1.165) is 28.3 Å². The Kier molecular flexibility index (Phi) is 9.89. The number of benzene rings is 11. The molecular weight excluding hydrogens is 797 g/mol. The summed E-state index contributed by atoms with van der Waals surface area (Å²) in [6.45, 7) is 0. The monoisotopic (exact) mass is 840 g/mol. The van der Waals surface area contributed by atoms with Gasteiger partial charge in [-0.05, 0) is 104 Å². The molecule has 0 spiro atoms. The Balaban J connectivity index is 1.07. The average Bonchev–Trinajstić information content (AvgIpc) is 3.74. The van der Waals surface area contributed by atoms with Crippen LogP contribution in [0, 0.1) is 0 Å². The van der Waals surface area contributed by atoms with Crippen molar-refractivity contribution in [2.75, 3.05) is 4.90 Å². The molecule has 2 heteroatoms. The highest BCUT2D eigenvalue weighted by Gasteiger charge is 2.24. The van der Waals surface area contributed by atoms with Crippen molar-refractivity contribution in [2.45, 2.75) is 0 Å². The van der Waals surface area contributed by atoms with Gasteiger partial charge in [0.1, 0.15) is 0 Å². The first-order chi connectivity index (χ1) is 32.8. The average molecular weight is 841 g/mol. The Labute approximate surface area is 385 Å². The smallest absolute Gasteiger partial charge is 0.0619 e. The second kappa shape index (κ2) is 16.8. The van der Waals surface area contributed by atoms with Gasteiger partial charge in [0, 0.05) is 39.0 Å². The number of fused-ring (bicyclic) bond motifs is 4. The molecule has 66 heavy (non-hydrogen) atoms.